The van der Waals surface area contributed by atoms with E-state index in [1.165, 1.54) is 19.7 Å². The summed E-state index contributed by atoms with van der Waals surface area (Å²) in [6.07, 6.45) is 2.84. The Bertz CT molecular complexity index is 580. The van der Waals surface area contributed by atoms with Crippen molar-refractivity contribution >= 4 is 0 Å². The molecule has 25 heavy (non-hydrogen) atoms. The molecule has 134 valence electrons. The van der Waals surface area contributed by atoms with Crippen molar-refractivity contribution in [3.63, 3.8) is 0 Å². The second-order valence-corrected chi connectivity index (χ2v) is 7.80. The molecule has 2 aromatic carbocycles. The summed E-state index contributed by atoms with van der Waals surface area (Å²) in [5, 5.41) is 0. The average Bonchev–Trinajstić information content (AvgIpc) is 2.65. The van der Waals surface area contributed by atoms with Crippen LogP contribution in [-0.4, -0.2) is 26.4 Å². The predicted molar refractivity (Wildman–Crippen MR) is 93.6 cm³/mol. The van der Waals surface area contributed by atoms with Gasteiger partial charge in [-0.3, -0.25) is 0 Å². The van der Waals surface area contributed by atoms with E-state index in [-0.39, 0.29) is 21.2 Å². The first kappa shape index (κ1) is 19.2. The third-order valence-electron chi connectivity index (χ3n) is 3.02. The van der Waals surface area contributed by atoms with E-state index in [0.29, 0.717) is 26.4 Å². The molecule has 5 heteroatoms. The van der Waals surface area contributed by atoms with E-state index in [4.69, 9.17) is 18.9 Å². The summed E-state index contributed by atoms with van der Waals surface area (Å²) in [4.78, 5) is 0. The molecule has 0 aromatic heterocycles. The summed E-state index contributed by atoms with van der Waals surface area (Å²) in [5.74, 6) is 1.71. The van der Waals surface area contributed by atoms with Crippen molar-refractivity contribution < 1.29 is 40.2 Å². The molecule has 0 unspecified atom stereocenters. The molecule has 0 amide bonds. The van der Waals surface area contributed by atoms with Gasteiger partial charge in [-0.25, -0.2) is 0 Å². The third kappa shape index (κ3) is 7.51. The Kier molecular flexibility index (Phi) is 8.75. The Labute approximate surface area is 159 Å². The zero-order valence-electron chi connectivity index (χ0n) is 14.0. The third-order valence-corrected chi connectivity index (χ3v) is 5.70. The van der Waals surface area contributed by atoms with Crippen LogP contribution in [-0.2, 0) is 9.47 Å². The van der Waals surface area contributed by atoms with E-state index in [9.17, 15) is 0 Å². The summed E-state index contributed by atoms with van der Waals surface area (Å²) in [6.45, 7) is 9.03. The molecule has 0 aliphatic carbocycles. The summed E-state index contributed by atoms with van der Waals surface area (Å²) >= 11 is -0.223. The molecule has 0 atom stereocenters. The normalized spacial score (nSPS) is 10.1. The Morgan fingerprint density at radius 1 is 0.640 bits per heavy atom. The van der Waals surface area contributed by atoms with Crippen LogP contribution >= 0.6 is 0 Å². The van der Waals surface area contributed by atoms with Crippen molar-refractivity contribution in [2.45, 2.75) is 0 Å². The standard InChI is InChI=1S/C20H22IO4/c1-3-22-13-15-24-19-9-5-17(6-10-19)21-18-7-11-20(12-8-18)25-16-14-23-4-2/h3-12H,1-2,13-16H2/q-1. The quantitative estimate of drug-likeness (QED) is 0.272. The van der Waals surface area contributed by atoms with Gasteiger partial charge in [0, 0.05) is 0 Å². The van der Waals surface area contributed by atoms with Gasteiger partial charge in [-0.05, 0) is 0 Å². The van der Waals surface area contributed by atoms with Crippen molar-refractivity contribution in [2.75, 3.05) is 26.4 Å². The first-order chi connectivity index (χ1) is 12.3. The van der Waals surface area contributed by atoms with Crippen LogP contribution in [0.1, 0.15) is 0 Å². The van der Waals surface area contributed by atoms with Crippen LogP contribution in [0.4, 0.5) is 0 Å². The molecule has 0 aliphatic heterocycles. The molecule has 4 nitrogen and oxygen atoms in total. The molecule has 0 aliphatic rings. The Morgan fingerprint density at radius 3 is 1.40 bits per heavy atom. The molecule has 0 spiro atoms. The van der Waals surface area contributed by atoms with Gasteiger partial charge in [-0.15, -0.1) is 0 Å². The molecule has 2 rings (SSSR count). The van der Waals surface area contributed by atoms with Gasteiger partial charge >= 0.3 is 159 Å². The molecular weight excluding hydrogens is 431 g/mol. The maximum absolute atomic E-state index is 5.59. The van der Waals surface area contributed by atoms with Gasteiger partial charge < -0.3 is 0 Å². The van der Waals surface area contributed by atoms with Crippen molar-refractivity contribution in [3.05, 3.63) is 81.4 Å². The van der Waals surface area contributed by atoms with Gasteiger partial charge in [0.05, 0.1) is 0 Å². The fraction of sp³-hybridized carbons (Fsp3) is 0.200. The van der Waals surface area contributed by atoms with Gasteiger partial charge in [0.25, 0.3) is 0 Å². The maximum atomic E-state index is 5.59. The zero-order valence-corrected chi connectivity index (χ0v) is 16.2. The van der Waals surface area contributed by atoms with Gasteiger partial charge in [0.15, 0.2) is 0 Å². The molecule has 0 bridgehead atoms. The van der Waals surface area contributed by atoms with Crippen molar-refractivity contribution in [1.29, 1.82) is 0 Å². The van der Waals surface area contributed by atoms with Crippen molar-refractivity contribution in [1.82, 2.24) is 0 Å². The van der Waals surface area contributed by atoms with Crippen LogP contribution in [0, 0.1) is 7.14 Å². The van der Waals surface area contributed by atoms with E-state index < -0.39 is 0 Å². The number of hydrogen-bond donors (Lipinski definition) is 0. The second kappa shape index (κ2) is 11.4. The van der Waals surface area contributed by atoms with Gasteiger partial charge in [-0.2, -0.15) is 0 Å². The molecular formula is C20H22IO4-. The molecule has 0 heterocycles. The molecule has 0 saturated heterocycles. The van der Waals surface area contributed by atoms with Gasteiger partial charge in [0.1, 0.15) is 0 Å². The number of halogens is 1. The monoisotopic (exact) mass is 453 g/mol. The zero-order chi connectivity index (χ0) is 17.7. The van der Waals surface area contributed by atoms with Gasteiger partial charge in [-0.1, -0.05) is 0 Å². The van der Waals surface area contributed by atoms with E-state index >= 15 is 0 Å². The fourth-order valence-electron chi connectivity index (χ4n) is 1.90. The van der Waals surface area contributed by atoms with Crippen LogP contribution in [0.2, 0.25) is 0 Å². The van der Waals surface area contributed by atoms with Crippen molar-refractivity contribution in [2.24, 2.45) is 0 Å². The molecule has 0 N–H and O–H groups in total. The van der Waals surface area contributed by atoms with Crippen molar-refractivity contribution in [3.8, 4) is 11.5 Å². The van der Waals surface area contributed by atoms with Crippen LogP contribution in [0.3, 0.4) is 0 Å². The predicted octanol–water partition coefficient (Wildman–Crippen LogP) is 0.893. The van der Waals surface area contributed by atoms with Gasteiger partial charge in [0.2, 0.25) is 0 Å². The Morgan fingerprint density at radius 2 is 1.04 bits per heavy atom. The molecule has 0 radical (unpaired) electrons. The van der Waals surface area contributed by atoms with E-state index in [1.807, 2.05) is 24.3 Å². The van der Waals surface area contributed by atoms with E-state index in [2.05, 4.69) is 37.4 Å². The minimum atomic E-state index is -0.223. The summed E-state index contributed by atoms with van der Waals surface area (Å²) in [5.41, 5.74) is 0. The van der Waals surface area contributed by atoms with Crippen LogP contribution < -0.4 is 30.7 Å². The average molecular weight is 453 g/mol. The Balaban J connectivity index is 1.79. The number of hydrogen-bond acceptors (Lipinski definition) is 4. The SMILES string of the molecule is C=COCCOc1ccc([I-]c2ccc(OCCOC=C)cc2)cc1. The molecule has 0 saturated carbocycles. The molecule has 0 fully saturated rings. The van der Waals surface area contributed by atoms with Crippen LogP contribution in [0.15, 0.2) is 74.2 Å². The summed E-state index contributed by atoms with van der Waals surface area (Å²) in [6, 6.07) is 16.5. The van der Waals surface area contributed by atoms with E-state index in [0.717, 1.165) is 11.5 Å². The van der Waals surface area contributed by atoms with Crippen LogP contribution in [0.25, 0.3) is 0 Å². The number of rotatable bonds is 12. The second-order valence-electron chi connectivity index (χ2n) is 4.77. The summed E-state index contributed by atoms with van der Waals surface area (Å²) in [7, 11) is 0. The first-order valence-electron chi connectivity index (χ1n) is 7.87. The summed E-state index contributed by atoms with van der Waals surface area (Å²) < 4.78 is 23.9. The molecule has 2 aromatic rings. The minimum absolute atomic E-state index is 0.223. The number of benzene rings is 2. The Hall–Kier alpha value is -2.15. The topological polar surface area (TPSA) is 36.9 Å². The van der Waals surface area contributed by atoms with E-state index in [1.54, 1.807) is 0 Å². The number of ether oxygens (including phenoxy) is 4. The first-order valence-corrected chi connectivity index (χ1v) is 10.0. The van der Waals surface area contributed by atoms with Crippen LogP contribution in [0.5, 0.6) is 11.5 Å². The fourth-order valence-corrected chi connectivity index (χ4v) is 4.05.